The molecule has 3 N–H and O–H groups in total. The summed E-state index contributed by atoms with van der Waals surface area (Å²) in [6.07, 6.45) is -0.499. The van der Waals surface area contributed by atoms with Crippen LogP contribution in [-0.2, 0) is 0 Å². The zero-order valence-corrected chi connectivity index (χ0v) is 3.96. The number of aliphatic hydroxyl groups is 1. The largest absolute Gasteiger partial charge is 0.391 e. The number of hydrogen-bond acceptors (Lipinski definition) is 3. The van der Waals surface area contributed by atoms with Crippen molar-refractivity contribution in [3.05, 3.63) is 0 Å². The van der Waals surface area contributed by atoms with Crippen molar-refractivity contribution in [2.24, 2.45) is 5.73 Å². The third-order valence-electron chi connectivity index (χ3n) is 0.599. The molecule has 0 saturated heterocycles. The van der Waals surface area contributed by atoms with Crippen molar-refractivity contribution >= 4 is 0 Å². The topological polar surface area (TPSA) is 70.0 Å². The number of nitriles is 1. The maximum atomic E-state index is 8.51. The molecule has 0 aromatic rings. The molecule has 0 spiro atoms. The fraction of sp³-hybridized carbons (Fsp3) is 0.750. The van der Waals surface area contributed by atoms with Crippen LogP contribution in [0, 0.1) is 11.3 Å². The minimum Gasteiger partial charge on any atom is -0.391 e. The molecule has 0 rings (SSSR count). The predicted octanol–water partition coefficient (Wildman–Crippen LogP) is -0.780. The van der Waals surface area contributed by atoms with Gasteiger partial charge in [0.05, 0.1) is 18.6 Å². The second-order valence-electron chi connectivity index (χ2n) is 1.25. The van der Waals surface area contributed by atoms with Crippen LogP contribution < -0.4 is 5.73 Å². The lowest BCUT2D eigenvalue weighted by Gasteiger charge is -1.96. The van der Waals surface area contributed by atoms with Gasteiger partial charge in [-0.15, -0.1) is 0 Å². The molecular weight excluding hydrogens is 92.1 g/mol. The quantitative estimate of drug-likeness (QED) is 0.478. The molecule has 0 aliphatic rings. The molecule has 0 aliphatic heterocycles. The summed E-state index contributed by atoms with van der Waals surface area (Å²) in [7, 11) is 0. The first-order valence-electron chi connectivity index (χ1n) is 2.06. The maximum Gasteiger partial charge on any atom is 0.0792 e. The van der Waals surface area contributed by atoms with Gasteiger partial charge in [0, 0.05) is 6.54 Å². The summed E-state index contributed by atoms with van der Waals surface area (Å²) >= 11 is 0. The molecular formula is C4H8N2O. The van der Waals surface area contributed by atoms with Crippen LogP contribution >= 0.6 is 0 Å². The number of hydrogen-bond donors (Lipinski definition) is 2. The summed E-state index contributed by atoms with van der Waals surface area (Å²) in [6.45, 7) is 0.174. The first-order chi connectivity index (χ1) is 3.31. The molecule has 40 valence electrons. The Morgan fingerprint density at radius 1 is 1.86 bits per heavy atom. The van der Waals surface area contributed by atoms with Crippen LogP contribution in [0.4, 0.5) is 0 Å². The summed E-state index contributed by atoms with van der Waals surface area (Å²) < 4.78 is 0. The normalized spacial score (nSPS) is 12.7. The van der Waals surface area contributed by atoms with Crippen molar-refractivity contribution in [2.45, 2.75) is 12.5 Å². The molecule has 0 heterocycles. The zero-order valence-electron chi connectivity index (χ0n) is 3.96. The Bertz CT molecular complexity index is 76.2. The van der Waals surface area contributed by atoms with E-state index in [9.17, 15) is 0 Å². The molecule has 3 nitrogen and oxygen atoms in total. The third kappa shape index (κ3) is 3.23. The average Bonchev–Trinajstić information content (AvgIpc) is 1.68. The maximum absolute atomic E-state index is 8.51. The van der Waals surface area contributed by atoms with Crippen LogP contribution in [0.15, 0.2) is 0 Å². The van der Waals surface area contributed by atoms with E-state index in [2.05, 4.69) is 0 Å². The Morgan fingerprint density at radius 2 is 2.43 bits per heavy atom. The van der Waals surface area contributed by atoms with E-state index in [1.807, 2.05) is 0 Å². The number of nitrogens with zero attached hydrogens (tertiary/aromatic N) is 1. The Labute approximate surface area is 42.4 Å². The van der Waals surface area contributed by atoms with Crippen LogP contribution in [0.25, 0.3) is 0 Å². The predicted molar refractivity (Wildman–Crippen MR) is 25.3 cm³/mol. The van der Waals surface area contributed by atoms with Gasteiger partial charge in [-0.2, -0.15) is 5.26 Å². The van der Waals surface area contributed by atoms with Crippen molar-refractivity contribution in [3.63, 3.8) is 0 Å². The first kappa shape index (κ1) is 6.41. The lowest BCUT2D eigenvalue weighted by Crippen LogP contribution is -2.18. The molecule has 3 heteroatoms. The Balaban J connectivity index is 3.03. The number of nitrogens with two attached hydrogens (primary N) is 1. The second-order valence-corrected chi connectivity index (χ2v) is 1.25. The van der Waals surface area contributed by atoms with E-state index in [0.29, 0.717) is 0 Å². The number of aliphatic hydroxyl groups excluding tert-OH is 1. The highest BCUT2D eigenvalue weighted by molar-refractivity contribution is 4.74. The molecule has 0 saturated carbocycles. The molecule has 0 radical (unpaired) electrons. The van der Waals surface area contributed by atoms with Crippen molar-refractivity contribution in [3.8, 4) is 6.07 Å². The third-order valence-corrected chi connectivity index (χ3v) is 0.599. The van der Waals surface area contributed by atoms with Gasteiger partial charge >= 0.3 is 0 Å². The molecule has 1 atom stereocenters. The van der Waals surface area contributed by atoms with Crippen molar-refractivity contribution in [1.29, 1.82) is 5.26 Å². The van der Waals surface area contributed by atoms with Crippen LogP contribution in [-0.4, -0.2) is 17.8 Å². The van der Waals surface area contributed by atoms with Gasteiger partial charge in [0.15, 0.2) is 0 Å². The van der Waals surface area contributed by atoms with Gasteiger partial charge < -0.3 is 10.8 Å². The van der Waals surface area contributed by atoms with Gasteiger partial charge in [-0.1, -0.05) is 0 Å². The van der Waals surface area contributed by atoms with Crippen LogP contribution in [0.1, 0.15) is 6.42 Å². The van der Waals surface area contributed by atoms with E-state index in [0.717, 1.165) is 0 Å². The van der Waals surface area contributed by atoms with Gasteiger partial charge in [0.25, 0.3) is 0 Å². The monoisotopic (exact) mass is 100 g/mol. The summed E-state index contributed by atoms with van der Waals surface area (Å²) in [5.74, 6) is 0. The molecule has 0 unspecified atom stereocenters. The van der Waals surface area contributed by atoms with Gasteiger partial charge in [-0.25, -0.2) is 0 Å². The highest BCUT2D eigenvalue weighted by Gasteiger charge is 1.95. The van der Waals surface area contributed by atoms with Crippen LogP contribution in [0.5, 0.6) is 0 Å². The smallest absolute Gasteiger partial charge is 0.0792 e. The Hall–Kier alpha value is -0.590. The van der Waals surface area contributed by atoms with E-state index in [1.165, 1.54) is 0 Å². The summed E-state index contributed by atoms with van der Waals surface area (Å²) in [6, 6.07) is 1.79. The SMILES string of the molecule is N#CC[C@H](O)CN. The molecule has 0 aliphatic carbocycles. The highest BCUT2D eigenvalue weighted by atomic mass is 16.3. The molecule has 0 aromatic heterocycles. The van der Waals surface area contributed by atoms with Gasteiger partial charge in [-0.3, -0.25) is 0 Å². The first-order valence-corrected chi connectivity index (χ1v) is 2.06. The Morgan fingerprint density at radius 3 is 2.57 bits per heavy atom. The lowest BCUT2D eigenvalue weighted by molar-refractivity contribution is 0.188. The fourth-order valence-electron chi connectivity index (χ4n) is 0.189. The number of rotatable bonds is 2. The molecule has 7 heavy (non-hydrogen) atoms. The van der Waals surface area contributed by atoms with Crippen molar-refractivity contribution in [2.75, 3.05) is 6.54 Å². The minimum atomic E-state index is -0.634. The zero-order chi connectivity index (χ0) is 5.70. The molecule has 0 aromatic carbocycles. The van der Waals surface area contributed by atoms with E-state index >= 15 is 0 Å². The minimum absolute atomic E-state index is 0.135. The average molecular weight is 100 g/mol. The fourth-order valence-corrected chi connectivity index (χ4v) is 0.189. The van der Waals surface area contributed by atoms with Crippen LogP contribution in [0.2, 0.25) is 0 Å². The standard InChI is InChI=1S/C4H8N2O/c5-2-1-4(7)3-6/h4,7H,1,3,6H2/t4-/m0/s1. The highest BCUT2D eigenvalue weighted by Crippen LogP contribution is 1.82. The van der Waals surface area contributed by atoms with E-state index in [1.54, 1.807) is 6.07 Å². The van der Waals surface area contributed by atoms with E-state index in [-0.39, 0.29) is 13.0 Å². The summed E-state index contributed by atoms with van der Waals surface area (Å²) in [5, 5.41) is 16.4. The van der Waals surface area contributed by atoms with E-state index in [4.69, 9.17) is 16.1 Å². The summed E-state index contributed by atoms with van der Waals surface area (Å²) in [5.41, 5.74) is 4.96. The van der Waals surface area contributed by atoms with Crippen molar-refractivity contribution in [1.82, 2.24) is 0 Å². The van der Waals surface area contributed by atoms with Gasteiger partial charge in [-0.05, 0) is 0 Å². The summed E-state index contributed by atoms with van der Waals surface area (Å²) in [4.78, 5) is 0. The molecule has 0 fully saturated rings. The lowest BCUT2D eigenvalue weighted by atomic mass is 10.3. The Kier molecular flexibility index (Phi) is 3.29. The van der Waals surface area contributed by atoms with Crippen LogP contribution in [0.3, 0.4) is 0 Å². The second kappa shape index (κ2) is 3.59. The molecule has 0 bridgehead atoms. The van der Waals surface area contributed by atoms with E-state index < -0.39 is 6.10 Å². The van der Waals surface area contributed by atoms with Gasteiger partial charge in [0.1, 0.15) is 0 Å². The van der Waals surface area contributed by atoms with Crippen molar-refractivity contribution < 1.29 is 5.11 Å². The molecule has 0 amide bonds. The van der Waals surface area contributed by atoms with Gasteiger partial charge in [0.2, 0.25) is 0 Å².